The van der Waals surface area contributed by atoms with Gasteiger partial charge >= 0.3 is 0 Å². The lowest BCUT2D eigenvalue weighted by molar-refractivity contribution is 0.0335. The van der Waals surface area contributed by atoms with Gasteiger partial charge in [0, 0.05) is 76.2 Å². The average molecular weight is 819 g/mol. The first-order chi connectivity index (χ1) is 29.8. The maximum atomic E-state index is 5.46. The predicted molar refractivity (Wildman–Crippen MR) is 223 cm³/mol. The maximum Gasteiger partial charge on any atom is 0.221 e. The first kappa shape index (κ1) is 37.9. The highest BCUT2D eigenvalue weighted by molar-refractivity contribution is 5.70. The molecule has 0 amide bonds. The molecule has 0 unspecified atom stereocenters. The van der Waals surface area contributed by atoms with Crippen molar-refractivity contribution in [3.63, 3.8) is 0 Å². The molecule has 0 aliphatic carbocycles. The molecule has 11 heterocycles. The molecule has 1 saturated heterocycles. The van der Waals surface area contributed by atoms with Crippen molar-refractivity contribution in [1.29, 1.82) is 0 Å². The van der Waals surface area contributed by atoms with Gasteiger partial charge in [-0.05, 0) is 37.4 Å². The Morgan fingerprint density at radius 3 is 1.62 bits per heavy atom. The molecule has 1 fully saturated rings. The van der Waals surface area contributed by atoms with E-state index >= 15 is 0 Å². The molecule has 0 saturated carbocycles. The van der Waals surface area contributed by atoms with Crippen molar-refractivity contribution in [1.82, 2.24) is 98.1 Å². The molecule has 0 aromatic carbocycles. The summed E-state index contributed by atoms with van der Waals surface area (Å²) in [7, 11) is 7.84. The number of rotatable bonds is 10. The molecule has 61 heavy (non-hydrogen) atoms. The van der Waals surface area contributed by atoms with Crippen molar-refractivity contribution in [3.8, 4) is 22.5 Å². The second-order valence-corrected chi connectivity index (χ2v) is 15.3. The first-order valence-electron chi connectivity index (χ1n) is 19.7. The van der Waals surface area contributed by atoms with Crippen LogP contribution in [0.3, 0.4) is 0 Å². The molecule has 0 bridgehead atoms. The molecule has 0 atom stereocenters. The quantitative estimate of drug-likeness (QED) is 0.195. The van der Waals surface area contributed by atoms with Gasteiger partial charge in [-0.25, -0.2) is 39.3 Å². The van der Waals surface area contributed by atoms with Gasteiger partial charge in [-0.1, -0.05) is 22.6 Å². The fourth-order valence-corrected chi connectivity index (χ4v) is 7.34. The smallest absolute Gasteiger partial charge is 0.221 e. The number of aryl methyl sites for hydroxylation is 2. The molecule has 21 nitrogen and oxygen atoms in total. The minimum absolute atomic E-state index is 0.523. The zero-order valence-corrected chi connectivity index (χ0v) is 34.1. The van der Waals surface area contributed by atoms with Crippen LogP contribution in [0.4, 0.5) is 0 Å². The van der Waals surface area contributed by atoms with Gasteiger partial charge in [0.25, 0.3) is 0 Å². The molecule has 10 aromatic heterocycles. The van der Waals surface area contributed by atoms with Gasteiger partial charge in [0.05, 0.1) is 86.3 Å². The molecule has 0 spiro atoms. The number of ether oxygens (including phenoxy) is 1. The molecule has 10 aromatic rings. The van der Waals surface area contributed by atoms with Crippen LogP contribution < -0.4 is 0 Å². The average Bonchev–Trinajstić information content (AvgIpc) is 4.15. The summed E-state index contributed by atoms with van der Waals surface area (Å²) in [4.78, 5) is 31.8. The van der Waals surface area contributed by atoms with E-state index in [9.17, 15) is 0 Å². The lowest BCUT2D eigenvalue weighted by atomic mass is 10.2. The zero-order chi connectivity index (χ0) is 41.5. The number of nitrogens with zero attached hydrogens (tertiary/aromatic N) is 20. The number of pyridine rings is 2. The van der Waals surface area contributed by atoms with E-state index in [-0.39, 0.29) is 0 Å². The minimum atomic E-state index is 0.523. The Hall–Kier alpha value is -7.36. The molecule has 1 aliphatic heterocycles. The van der Waals surface area contributed by atoms with Crippen LogP contribution in [-0.4, -0.2) is 138 Å². The van der Waals surface area contributed by atoms with E-state index in [2.05, 4.69) is 87.8 Å². The second kappa shape index (κ2) is 16.0. The highest BCUT2D eigenvalue weighted by atomic mass is 16.5. The molecule has 0 N–H and O–H groups in total. The molecular formula is C40H42N20O. The summed E-state index contributed by atoms with van der Waals surface area (Å²) in [5, 5.41) is 25.3. The second-order valence-electron chi connectivity index (χ2n) is 15.3. The van der Waals surface area contributed by atoms with Crippen molar-refractivity contribution in [2.24, 2.45) is 14.1 Å². The molecule has 1 aliphatic rings. The summed E-state index contributed by atoms with van der Waals surface area (Å²) in [5.74, 6) is 0. The van der Waals surface area contributed by atoms with Gasteiger partial charge in [0.1, 0.15) is 11.3 Å². The Bertz CT molecular complexity index is 3120. The number of hydrogen-bond donors (Lipinski definition) is 0. The van der Waals surface area contributed by atoms with Crippen LogP contribution in [0.15, 0.2) is 86.2 Å². The van der Waals surface area contributed by atoms with Crippen LogP contribution in [0.1, 0.15) is 22.5 Å². The maximum absolute atomic E-state index is 5.46. The van der Waals surface area contributed by atoms with E-state index in [1.807, 2.05) is 71.2 Å². The molecule has 0 radical (unpaired) electrons. The molecule has 308 valence electrons. The Morgan fingerprint density at radius 2 is 1.11 bits per heavy atom. The summed E-state index contributed by atoms with van der Waals surface area (Å²) in [6.45, 7) is 6.18. The van der Waals surface area contributed by atoms with E-state index in [1.54, 1.807) is 43.5 Å². The van der Waals surface area contributed by atoms with Gasteiger partial charge in [0.2, 0.25) is 11.3 Å². The Kier molecular flexibility index (Phi) is 9.94. The summed E-state index contributed by atoms with van der Waals surface area (Å²) in [6.07, 6.45) is 18.8. The number of imidazole rings is 2. The van der Waals surface area contributed by atoms with E-state index < -0.39 is 0 Å². The van der Waals surface area contributed by atoms with Crippen LogP contribution in [0.2, 0.25) is 0 Å². The third kappa shape index (κ3) is 7.91. The van der Waals surface area contributed by atoms with E-state index in [4.69, 9.17) is 14.7 Å². The van der Waals surface area contributed by atoms with Crippen molar-refractivity contribution in [2.45, 2.75) is 26.2 Å². The summed E-state index contributed by atoms with van der Waals surface area (Å²) in [6, 6.07) is 8.16. The van der Waals surface area contributed by atoms with Gasteiger partial charge < -0.3 is 18.4 Å². The van der Waals surface area contributed by atoms with Crippen molar-refractivity contribution in [3.05, 3.63) is 109 Å². The fourth-order valence-electron chi connectivity index (χ4n) is 7.34. The third-order valence-corrected chi connectivity index (χ3v) is 10.4. The largest absolute Gasteiger partial charge is 0.379 e. The summed E-state index contributed by atoms with van der Waals surface area (Å²) >= 11 is 0. The van der Waals surface area contributed by atoms with Crippen LogP contribution in [0.25, 0.3) is 56.4 Å². The van der Waals surface area contributed by atoms with Crippen LogP contribution in [0, 0.1) is 0 Å². The van der Waals surface area contributed by atoms with Gasteiger partial charge in [-0.15, -0.1) is 10.2 Å². The van der Waals surface area contributed by atoms with Gasteiger partial charge in [0.15, 0.2) is 11.3 Å². The van der Waals surface area contributed by atoms with Crippen molar-refractivity contribution >= 4 is 33.9 Å². The van der Waals surface area contributed by atoms with E-state index in [1.165, 1.54) is 0 Å². The Balaban J connectivity index is 0.000000147. The minimum Gasteiger partial charge on any atom is -0.379 e. The third-order valence-electron chi connectivity index (χ3n) is 10.4. The normalized spacial score (nSPS) is 13.6. The highest BCUT2D eigenvalue weighted by Gasteiger charge is 2.16. The fraction of sp³-hybridized carbons (Fsp3) is 0.300. The van der Waals surface area contributed by atoms with Crippen LogP contribution in [0.5, 0.6) is 0 Å². The number of morpholine rings is 1. The summed E-state index contributed by atoms with van der Waals surface area (Å²) in [5.41, 5.74) is 11.9. The SMILES string of the molecule is CN(C)Cc1cnc2ccc(Cn3nnc4ncc(-c5cnn(C)c5)nc43)cn12.Cn1cc(-c2cnc3nnn(Cc4ccc5ncc(CN6CCOCC6)n5c4)c3n2)cn1. The number of fused-ring (bicyclic) bond motifs is 4. The summed E-state index contributed by atoms with van der Waals surface area (Å²) < 4.78 is 16.8. The molecule has 11 rings (SSSR count). The van der Waals surface area contributed by atoms with Crippen molar-refractivity contribution in [2.75, 3.05) is 40.4 Å². The van der Waals surface area contributed by atoms with Crippen LogP contribution in [-0.2, 0) is 45.0 Å². The Labute approximate surface area is 347 Å². The first-order valence-corrected chi connectivity index (χ1v) is 19.7. The standard InChI is InChI=1S/C21H22N10O.C19H20N10/c1-28-13-16(8-24-28)18-10-23-20-21(25-18)31(27-26-20)12-15-2-3-19-22-9-17(30(19)11-15)14-29-4-6-32-7-5-29;1-26(2)12-15-7-20-17-5-4-13(9-28(15)17)10-29-19-18(24-25-29)21-8-16(23-19)14-6-22-27(3)11-14/h2-3,8-11,13H,4-7,12,14H2,1H3;4-9,11H,10,12H2,1-3H3. The van der Waals surface area contributed by atoms with Crippen LogP contribution >= 0.6 is 0 Å². The Morgan fingerprint density at radius 1 is 0.590 bits per heavy atom. The van der Waals surface area contributed by atoms with Gasteiger partial charge in [-0.3, -0.25) is 14.3 Å². The predicted octanol–water partition coefficient (Wildman–Crippen LogP) is 2.53. The van der Waals surface area contributed by atoms with Crippen molar-refractivity contribution < 1.29 is 4.74 Å². The van der Waals surface area contributed by atoms with E-state index in [0.29, 0.717) is 35.7 Å². The zero-order valence-electron chi connectivity index (χ0n) is 34.1. The number of hydrogen-bond acceptors (Lipinski definition) is 15. The lowest BCUT2D eigenvalue weighted by Crippen LogP contribution is -2.35. The van der Waals surface area contributed by atoms with E-state index in [0.717, 1.165) is 95.7 Å². The number of aromatic nitrogens is 18. The lowest BCUT2D eigenvalue weighted by Gasteiger charge is -2.26. The highest BCUT2D eigenvalue weighted by Crippen LogP contribution is 2.21. The topological polar surface area (TPSA) is 199 Å². The molecular weight excluding hydrogens is 777 g/mol. The molecule has 21 heteroatoms. The monoisotopic (exact) mass is 818 g/mol. The van der Waals surface area contributed by atoms with Gasteiger partial charge in [-0.2, -0.15) is 10.2 Å².